The Hall–Kier alpha value is -3.18. The largest absolute Gasteiger partial charge is 0.444 e. The van der Waals surface area contributed by atoms with Crippen molar-refractivity contribution in [1.29, 1.82) is 0 Å². The van der Waals surface area contributed by atoms with E-state index in [-0.39, 0.29) is 5.91 Å². The minimum Gasteiger partial charge on any atom is -0.444 e. The predicted octanol–water partition coefficient (Wildman–Crippen LogP) is 7.52. The van der Waals surface area contributed by atoms with E-state index >= 15 is 0 Å². The summed E-state index contributed by atoms with van der Waals surface area (Å²) in [6.07, 6.45) is 3.13. The lowest BCUT2D eigenvalue weighted by Gasteiger charge is -2.38. The predicted molar refractivity (Wildman–Crippen MR) is 167 cm³/mol. The number of carbonyl (C=O) groups is 2. The maximum atomic E-state index is 13.1. The summed E-state index contributed by atoms with van der Waals surface area (Å²) in [6.45, 7) is 24.8. The van der Waals surface area contributed by atoms with Crippen LogP contribution in [0.4, 0.5) is 10.6 Å². The average Bonchev–Trinajstić information content (AvgIpc) is 2.82. The molecule has 2 aromatic heterocycles. The first-order valence-electron chi connectivity index (χ1n) is 14.1. The first kappa shape index (κ1) is 33.0. The molecule has 0 aliphatic rings. The van der Waals surface area contributed by atoms with E-state index < -0.39 is 25.8 Å². The molecule has 2 amide bonds. The minimum atomic E-state index is -2.03. The quantitative estimate of drug-likeness (QED) is 0.278. The van der Waals surface area contributed by atoms with Gasteiger partial charge in [0.1, 0.15) is 31.2 Å². The molecule has 218 valence electrons. The summed E-state index contributed by atoms with van der Waals surface area (Å²) >= 11 is 0. The Morgan fingerprint density at radius 2 is 1.48 bits per heavy atom. The number of rotatable bonds is 7. The van der Waals surface area contributed by atoms with Crippen molar-refractivity contribution in [3.63, 3.8) is 0 Å². The lowest BCUT2D eigenvalue weighted by Crippen LogP contribution is -2.45. The van der Waals surface area contributed by atoms with Crippen molar-refractivity contribution in [3.8, 4) is 22.6 Å². The van der Waals surface area contributed by atoms with Crippen molar-refractivity contribution in [3.05, 3.63) is 41.3 Å². The average molecular weight is 565 g/mol. The lowest BCUT2D eigenvalue weighted by atomic mass is 9.97. The molecule has 0 bridgehead atoms. The first-order chi connectivity index (χ1) is 18.4. The summed E-state index contributed by atoms with van der Waals surface area (Å²) in [4.78, 5) is 36.1. The highest BCUT2D eigenvalue weighted by atomic mass is 28.3. The van der Waals surface area contributed by atoms with Gasteiger partial charge in [-0.05, 0) is 87.0 Å². The molecule has 2 aromatic rings. The Morgan fingerprint density at radius 3 is 1.95 bits per heavy atom. The zero-order valence-electron chi connectivity index (χ0n) is 26.7. The molecule has 0 aromatic carbocycles. The highest BCUT2D eigenvalue weighted by Gasteiger charge is 2.41. The van der Waals surface area contributed by atoms with Crippen molar-refractivity contribution in [2.75, 3.05) is 12.4 Å². The number of hydrogen-bond acceptors (Lipinski definition) is 5. The van der Waals surface area contributed by atoms with Crippen LogP contribution in [0.3, 0.4) is 0 Å². The Labute approximate surface area is 242 Å². The molecule has 1 N–H and O–H groups in total. The summed E-state index contributed by atoms with van der Waals surface area (Å²) < 4.78 is 5.42. The number of likely N-dealkylation sites (N-methyl/N-ethyl adjacent to an activating group) is 1. The minimum absolute atomic E-state index is 0.362. The molecule has 0 saturated carbocycles. The van der Waals surface area contributed by atoms with E-state index in [1.165, 1.54) is 4.90 Å². The molecule has 0 aliphatic heterocycles. The normalized spacial score (nSPS) is 12.7. The zero-order chi connectivity index (χ0) is 30.6. The van der Waals surface area contributed by atoms with Gasteiger partial charge in [0.05, 0.1) is 0 Å². The number of anilines is 1. The number of aromatic nitrogens is 2. The van der Waals surface area contributed by atoms with Gasteiger partial charge in [0.25, 0.3) is 0 Å². The molecule has 2 rings (SSSR count). The van der Waals surface area contributed by atoms with Gasteiger partial charge >= 0.3 is 6.09 Å². The van der Waals surface area contributed by atoms with E-state index in [2.05, 4.69) is 63.3 Å². The first-order valence-corrected chi connectivity index (χ1v) is 16.4. The third-order valence-electron chi connectivity index (χ3n) is 7.65. The van der Waals surface area contributed by atoms with Crippen LogP contribution in [0.1, 0.15) is 86.1 Å². The maximum Gasteiger partial charge on any atom is 0.410 e. The molecule has 0 saturated heterocycles. The third-order valence-corrected chi connectivity index (χ3v) is 13.9. The summed E-state index contributed by atoms with van der Waals surface area (Å²) in [6, 6.07) is 2.99. The second-order valence-corrected chi connectivity index (χ2v) is 18.2. The Kier molecular flexibility index (Phi) is 10.7. The Bertz CT molecular complexity index is 1240. The number of carbonyl (C=O) groups excluding carboxylic acids is 2. The number of pyridine rings is 2. The molecular weight excluding hydrogens is 516 g/mol. The molecule has 40 heavy (non-hydrogen) atoms. The lowest BCUT2D eigenvalue weighted by molar-refractivity contribution is -0.120. The van der Waals surface area contributed by atoms with Crippen LogP contribution in [-0.2, 0) is 9.53 Å². The smallest absolute Gasteiger partial charge is 0.410 e. The van der Waals surface area contributed by atoms with Crippen molar-refractivity contribution in [1.82, 2.24) is 14.9 Å². The van der Waals surface area contributed by atoms with E-state index in [9.17, 15) is 9.59 Å². The summed E-state index contributed by atoms with van der Waals surface area (Å²) in [5.74, 6) is 3.53. The van der Waals surface area contributed by atoms with E-state index in [4.69, 9.17) is 9.72 Å². The fraction of sp³-hybridized carbons (Fsp3) is 0.562. The van der Waals surface area contributed by atoms with Crippen LogP contribution >= 0.6 is 0 Å². The van der Waals surface area contributed by atoms with Gasteiger partial charge in [-0.1, -0.05) is 47.5 Å². The number of aryl methyl sites for hydroxylation is 2. The Balaban J connectivity index is 2.59. The fourth-order valence-corrected chi connectivity index (χ4v) is 10.7. The topological polar surface area (TPSA) is 84.4 Å². The highest BCUT2D eigenvalue weighted by molar-refractivity contribution is 6.90. The van der Waals surface area contributed by atoms with Crippen molar-refractivity contribution < 1.29 is 14.3 Å². The van der Waals surface area contributed by atoms with E-state index in [0.717, 1.165) is 22.3 Å². The molecule has 0 aliphatic carbocycles. The van der Waals surface area contributed by atoms with Crippen LogP contribution < -0.4 is 5.32 Å². The van der Waals surface area contributed by atoms with Gasteiger partial charge < -0.3 is 10.1 Å². The molecule has 0 spiro atoms. The number of nitrogens with zero attached hydrogens (tertiary/aromatic N) is 3. The summed E-state index contributed by atoms with van der Waals surface area (Å²) in [5.41, 5.74) is 9.21. The monoisotopic (exact) mass is 564 g/mol. The maximum absolute atomic E-state index is 13.1. The fourth-order valence-electron chi connectivity index (χ4n) is 5.45. The Morgan fingerprint density at radius 1 is 0.950 bits per heavy atom. The van der Waals surface area contributed by atoms with Crippen LogP contribution in [0.2, 0.25) is 16.6 Å². The van der Waals surface area contributed by atoms with Crippen LogP contribution in [0.25, 0.3) is 11.1 Å². The van der Waals surface area contributed by atoms with E-state index in [1.807, 2.05) is 32.3 Å². The van der Waals surface area contributed by atoms with Gasteiger partial charge in [-0.3, -0.25) is 14.7 Å². The van der Waals surface area contributed by atoms with Crippen LogP contribution in [0, 0.1) is 25.3 Å². The molecule has 1 atom stereocenters. The standard InChI is InChI=1S/C32H48N4O3Si/c1-20(2)40(21(3)4,22(5)6)17-16-27-26(29-23(7)18-33-19-24(29)8)14-15-28(34-27)35-30(37)25(9)36(13)31(38)39-32(10,11)12/h14-15,18-22,25H,1-13H3,(H,34,35,37). The molecule has 8 heteroatoms. The van der Waals surface area contributed by atoms with Crippen LogP contribution in [0.15, 0.2) is 24.5 Å². The number of hydrogen-bond donors (Lipinski definition) is 1. The van der Waals surface area contributed by atoms with E-state index in [0.29, 0.717) is 28.1 Å². The van der Waals surface area contributed by atoms with Gasteiger partial charge in [0.2, 0.25) is 5.91 Å². The summed E-state index contributed by atoms with van der Waals surface area (Å²) in [5, 5.41) is 2.89. The number of nitrogens with one attached hydrogen (secondary N) is 1. The van der Waals surface area contributed by atoms with Crippen LogP contribution in [0.5, 0.6) is 0 Å². The van der Waals surface area contributed by atoms with Crippen molar-refractivity contribution in [2.45, 2.75) is 111 Å². The molecular formula is C32H48N4O3Si. The number of ether oxygens (including phenoxy) is 1. The second-order valence-electron chi connectivity index (χ2n) is 12.6. The number of amides is 2. The summed E-state index contributed by atoms with van der Waals surface area (Å²) in [7, 11) is -0.485. The van der Waals surface area contributed by atoms with Crippen LogP contribution in [-0.4, -0.2) is 53.6 Å². The van der Waals surface area contributed by atoms with Crippen molar-refractivity contribution >= 4 is 25.9 Å². The van der Waals surface area contributed by atoms with E-state index in [1.54, 1.807) is 40.8 Å². The molecule has 1 unspecified atom stereocenters. The molecule has 2 heterocycles. The van der Waals surface area contributed by atoms with Gasteiger partial charge in [-0.25, -0.2) is 9.78 Å². The van der Waals surface area contributed by atoms with Gasteiger partial charge in [-0.2, -0.15) is 0 Å². The zero-order valence-corrected chi connectivity index (χ0v) is 27.7. The molecule has 0 radical (unpaired) electrons. The van der Waals surface area contributed by atoms with Gasteiger partial charge in [0.15, 0.2) is 0 Å². The third kappa shape index (κ3) is 7.51. The van der Waals surface area contributed by atoms with Gasteiger partial charge in [-0.15, -0.1) is 5.54 Å². The SMILES string of the molecule is Cc1cncc(C)c1-c1ccc(NC(=O)C(C)N(C)C(=O)OC(C)(C)C)nc1C#C[Si](C(C)C)(C(C)C)C(C)C. The van der Waals surface area contributed by atoms with Gasteiger partial charge in [0, 0.05) is 25.0 Å². The molecule has 0 fully saturated rings. The highest BCUT2D eigenvalue weighted by Crippen LogP contribution is 2.41. The second kappa shape index (κ2) is 13.0. The van der Waals surface area contributed by atoms with Crippen molar-refractivity contribution in [2.24, 2.45) is 0 Å². The molecule has 7 nitrogen and oxygen atoms in total.